The van der Waals surface area contributed by atoms with Gasteiger partial charge in [-0.2, -0.15) is 0 Å². The molecule has 0 radical (unpaired) electrons. The van der Waals surface area contributed by atoms with Crippen LogP contribution in [0.5, 0.6) is 5.75 Å². The Balaban J connectivity index is 1.37. The first-order chi connectivity index (χ1) is 20.5. The Morgan fingerprint density at radius 1 is 0.929 bits per heavy atom. The van der Waals surface area contributed by atoms with E-state index >= 15 is 0 Å². The number of pyridine rings is 1. The molecule has 5 rings (SSSR count). The Morgan fingerprint density at radius 2 is 1.62 bits per heavy atom. The lowest BCUT2D eigenvalue weighted by atomic mass is 10.00. The van der Waals surface area contributed by atoms with E-state index in [0.29, 0.717) is 29.6 Å². The standard InChI is InChI=1S/C33H40N4O4S/c1-41-30-11-13-31(14-12-30)42(39,40)37(32-8-4-3-7-28(32)10-9-27-15-20-34-21-16-27)33(38)19-26-35-24-17-29(18-25-35)36-22-5-2-6-23-36/h3-4,7-16,20-21,29H,2,5-6,17-19,22-26H2,1H3/b10-9+. The smallest absolute Gasteiger partial charge is 0.270 e. The van der Waals surface area contributed by atoms with Crippen LogP contribution in [0.1, 0.15) is 49.7 Å². The number of aromatic nitrogens is 1. The van der Waals surface area contributed by atoms with E-state index in [2.05, 4.69) is 14.8 Å². The third kappa shape index (κ3) is 7.27. The molecule has 8 nitrogen and oxygen atoms in total. The number of amides is 1. The highest BCUT2D eigenvalue weighted by Crippen LogP contribution is 2.30. The maximum Gasteiger partial charge on any atom is 0.270 e. The van der Waals surface area contributed by atoms with Crippen molar-refractivity contribution >= 4 is 33.8 Å². The molecule has 2 aliphatic heterocycles. The zero-order chi connectivity index (χ0) is 29.4. The maximum absolute atomic E-state index is 14.1. The van der Waals surface area contributed by atoms with Gasteiger partial charge in [-0.3, -0.25) is 9.78 Å². The molecular weight excluding hydrogens is 548 g/mol. The molecule has 2 saturated heterocycles. The average Bonchev–Trinajstić information content (AvgIpc) is 3.04. The van der Waals surface area contributed by atoms with Crippen LogP contribution in [0.2, 0.25) is 0 Å². The molecule has 0 atom stereocenters. The van der Waals surface area contributed by atoms with Crippen LogP contribution in [0.3, 0.4) is 0 Å². The molecule has 3 heterocycles. The normalized spacial score (nSPS) is 17.4. The van der Waals surface area contributed by atoms with Gasteiger partial charge in [0.2, 0.25) is 5.91 Å². The minimum Gasteiger partial charge on any atom is -0.497 e. The molecule has 1 aromatic heterocycles. The van der Waals surface area contributed by atoms with Crippen LogP contribution >= 0.6 is 0 Å². The van der Waals surface area contributed by atoms with Crippen LogP contribution < -0.4 is 9.04 Å². The van der Waals surface area contributed by atoms with Gasteiger partial charge in [-0.05, 0) is 105 Å². The third-order valence-electron chi connectivity index (χ3n) is 8.25. The van der Waals surface area contributed by atoms with Gasteiger partial charge in [0, 0.05) is 31.4 Å². The quantitative estimate of drug-likeness (QED) is 0.317. The van der Waals surface area contributed by atoms with Crippen molar-refractivity contribution in [1.82, 2.24) is 14.8 Å². The first-order valence-corrected chi connectivity index (χ1v) is 16.3. The van der Waals surface area contributed by atoms with Crippen molar-refractivity contribution in [3.05, 3.63) is 84.2 Å². The minimum absolute atomic E-state index is 0.0342. The predicted octanol–water partition coefficient (Wildman–Crippen LogP) is 5.32. The van der Waals surface area contributed by atoms with Gasteiger partial charge in [0.25, 0.3) is 10.0 Å². The molecule has 0 spiro atoms. The highest BCUT2D eigenvalue weighted by Gasteiger charge is 2.33. The molecule has 2 aliphatic rings. The van der Waals surface area contributed by atoms with Crippen LogP contribution in [0.25, 0.3) is 12.2 Å². The van der Waals surface area contributed by atoms with Crippen LogP contribution in [-0.4, -0.2) is 75.0 Å². The first-order valence-electron chi connectivity index (χ1n) is 14.8. The number of hydrogen-bond donors (Lipinski definition) is 0. The zero-order valence-corrected chi connectivity index (χ0v) is 25.1. The SMILES string of the molecule is COc1ccc(S(=O)(=O)N(C(=O)CCN2CCC(N3CCCCC3)CC2)c2ccccc2/C=C/c2ccncc2)cc1. The van der Waals surface area contributed by atoms with E-state index in [4.69, 9.17) is 4.74 Å². The van der Waals surface area contributed by atoms with Crippen LogP contribution in [0.15, 0.2) is 78.0 Å². The number of carbonyl (C=O) groups is 1. The molecular formula is C33H40N4O4S. The molecule has 2 fully saturated rings. The van der Waals surface area contributed by atoms with Gasteiger partial charge in [0.15, 0.2) is 0 Å². The second-order valence-corrected chi connectivity index (χ2v) is 12.7. The minimum atomic E-state index is -4.20. The Hall–Kier alpha value is -3.53. The summed E-state index contributed by atoms with van der Waals surface area (Å²) in [5.74, 6) is 0.0919. The molecule has 2 aromatic carbocycles. The van der Waals surface area contributed by atoms with Gasteiger partial charge in [0.05, 0.1) is 17.7 Å². The summed E-state index contributed by atoms with van der Waals surface area (Å²) in [5.41, 5.74) is 1.87. The van der Waals surface area contributed by atoms with Gasteiger partial charge in [-0.1, -0.05) is 36.8 Å². The summed E-state index contributed by atoms with van der Waals surface area (Å²) in [6.07, 6.45) is 13.3. The van der Waals surface area contributed by atoms with Crippen molar-refractivity contribution in [3.63, 3.8) is 0 Å². The summed E-state index contributed by atoms with van der Waals surface area (Å²) >= 11 is 0. The Bertz CT molecular complexity index is 1450. The van der Waals surface area contributed by atoms with Crippen LogP contribution in [-0.2, 0) is 14.8 Å². The van der Waals surface area contributed by atoms with Gasteiger partial charge in [0.1, 0.15) is 5.75 Å². The lowest BCUT2D eigenvalue weighted by molar-refractivity contribution is -0.117. The number of rotatable bonds is 10. The first kappa shape index (κ1) is 29.9. The summed E-state index contributed by atoms with van der Waals surface area (Å²) in [4.78, 5) is 22.9. The van der Waals surface area contributed by atoms with Crippen molar-refractivity contribution in [2.45, 2.75) is 49.5 Å². The lowest BCUT2D eigenvalue weighted by Crippen LogP contribution is -2.47. The van der Waals surface area contributed by atoms with E-state index in [1.54, 1.807) is 36.7 Å². The lowest BCUT2D eigenvalue weighted by Gasteiger charge is -2.40. The molecule has 0 unspecified atom stereocenters. The summed E-state index contributed by atoms with van der Waals surface area (Å²) in [6, 6.07) is 17.6. The second-order valence-electron chi connectivity index (χ2n) is 10.9. The number of para-hydroxylation sites is 1. The van der Waals surface area contributed by atoms with E-state index in [1.165, 1.54) is 51.6 Å². The molecule has 0 saturated carbocycles. The van der Waals surface area contributed by atoms with Gasteiger partial charge in [-0.15, -0.1) is 0 Å². The highest BCUT2D eigenvalue weighted by atomic mass is 32.2. The number of carbonyl (C=O) groups excluding carboxylic acids is 1. The summed E-state index contributed by atoms with van der Waals surface area (Å²) in [6.45, 7) is 4.75. The Labute approximate surface area is 249 Å². The van der Waals surface area contributed by atoms with Crippen molar-refractivity contribution in [2.24, 2.45) is 0 Å². The fourth-order valence-electron chi connectivity index (χ4n) is 5.87. The largest absolute Gasteiger partial charge is 0.497 e. The van der Waals surface area contributed by atoms with E-state index < -0.39 is 15.9 Å². The number of piperidine rings is 2. The molecule has 1 amide bonds. The van der Waals surface area contributed by atoms with Crippen molar-refractivity contribution < 1.29 is 17.9 Å². The number of sulfonamides is 1. The predicted molar refractivity (Wildman–Crippen MR) is 167 cm³/mol. The number of ether oxygens (including phenoxy) is 1. The number of likely N-dealkylation sites (tertiary alicyclic amines) is 2. The summed E-state index contributed by atoms with van der Waals surface area (Å²) in [5, 5.41) is 0. The number of anilines is 1. The molecule has 0 bridgehead atoms. The molecule has 0 aliphatic carbocycles. The molecule has 9 heteroatoms. The van der Waals surface area contributed by atoms with Gasteiger partial charge < -0.3 is 14.5 Å². The van der Waals surface area contributed by atoms with Gasteiger partial charge >= 0.3 is 0 Å². The van der Waals surface area contributed by atoms with Crippen molar-refractivity contribution in [2.75, 3.05) is 44.1 Å². The maximum atomic E-state index is 14.1. The number of hydrogen-bond acceptors (Lipinski definition) is 7. The monoisotopic (exact) mass is 588 g/mol. The van der Waals surface area contributed by atoms with E-state index in [-0.39, 0.29) is 11.3 Å². The van der Waals surface area contributed by atoms with E-state index in [1.807, 2.05) is 36.4 Å². The molecule has 0 N–H and O–H groups in total. The molecule has 42 heavy (non-hydrogen) atoms. The second kappa shape index (κ2) is 14.1. The van der Waals surface area contributed by atoms with Crippen LogP contribution in [0, 0.1) is 0 Å². The zero-order valence-electron chi connectivity index (χ0n) is 24.3. The third-order valence-corrected chi connectivity index (χ3v) is 10.00. The summed E-state index contributed by atoms with van der Waals surface area (Å²) in [7, 11) is -2.67. The van der Waals surface area contributed by atoms with E-state index in [9.17, 15) is 13.2 Å². The highest BCUT2D eigenvalue weighted by molar-refractivity contribution is 7.93. The number of methoxy groups -OCH3 is 1. The fraction of sp³-hybridized carbons (Fsp3) is 0.394. The van der Waals surface area contributed by atoms with Crippen LogP contribution in [0.4, 0.5) is 5.69 Å². The summed E-state index contributed by atoms with van der Waals surface area (Å²) < 4.78 is 34.4. The Kier molecular flexibility index (Phi) is 10.0. The topological polar surface area (TPSA) is 83.0 Å². The Morgan fingerprint density at radius 3 is 2.31 bits per heavy atom. The number of benzene rings is 2. The average molecular weight is 589 g/mol. The molecule has 3 aromatic rings. The van der Waals surface area contributed by atoms with Gasteiger partial charge in [-0.25, -0.2) is 12.7 Å². The number of nitrogens with zero attached hydrogens (tertiary/aromatic N) is 4. The van der Waals surface area contributed by atoms with Crippen molar-refractivity contribution in [1.29, 1.82) is 0 Å². The fourth-order valence-corrected chi connectivity index (χ4v) is 7.35. The molecule has 222 valence electrons. The van der Waals surface area contributed by atoms with E-state index in [0.717, 1.165) is 35.8 Å². The van der Waals surface area contributed by atoms with Crippen molar-refractivity contribution in [3.8, 4) is 5.75 Å².